The first-order valence-corrected chi connectivity index (χ1v) is 7.32. The molecule has 1 amide bonds. The van der Waals surface area contributed by atoms with Crippen molar-refractivity contribution in [1.82, 2.24) is 4.90 Å². The molecule has 1 rings (SSSR count). The molecule has 0 radical (unpaired) electrons. The molecule has 1 atom stereocenters. The number of carbonyl (C=O) groups excluding carboxylic acids is 1. The maximum absolute atomic E-state index is 12.0. The quantitative estimate of drug-likeness (QED) is 0.897. The second kappa shape index (κ2) is 6.93. The molecule has 0 saturated heterocycles. The van der Waals surface area contributed by atoms with E-state index in [1.807, 2.05) is 24.3 Å². The Labute approximate surface area is 133 Å². The van der Waals surface area contributed by atoms with E-state index in [2.05, 4.69) is 15.9 Å². The number of halogens is 1. The smallest absolute Gasteiger partial charge is 0.410 e. The van der Waals surface area contributed by atoms with Crippen LogP contribution >= 0.6 is 15.9 Å². The van der Waals surface area contributed by atoms with E-state index in [1.165, 1.54) is 7.05 Å². The molecule has 1 aromatic carbocycles. The highest BCUT2D eigenvalue weighted by Gasteiger charge is 2.30. The highest BCUT2D eigenvalue weighted by Crippen LogP contribution is 2.17. The van der Waals surface area contributed by atoms with Crippen molar-refractivity contribution < 1.29 is 19.4 Å². The molecule has 0 aliphatic heterocycles. The van der Waals surface area contributed by atoms with Crippen molar-refractivity contribution in [3.8, 4) is 0 Å². The van der Waals surface area contributed by atoms with Crippen LogP contribution < -0.4 is 0 Å². The molecular weight excluding hydrogens is 338 g/mol. The highest BCUT2D eigenvalue weighted by molar-refractivity contribution is 9.10. The fraction of sp³-hybridized carbons (Fsp3) is 0.467. The minimum absolute atomic E-state index is 0.213. The van der Waals surface area contributed by atoms with Crippen LogP contribution in [0.3, 0.4) is 0 Å². The Kier molecular flexibility index (Phi) is 5.78. The summed E-state index contributed by atoms with van der Waals surface area (Å²) in [5, 5.41) is 9.36. The number of ether oxygens (including phenoxy) is 1. The minimum Gasteiger partial charge on any atom is -0.480 e. The summed E-state index contributed by atoms with van der Waals surface area (Å²) in [5.74, 6) is -1.07. The van der Waals surface area contributed by atoms with Crippen LogP contribution in [-0.4, -0.2) is 40.8 Å². The number of amides is 1. The predicted octanol–water partition coefficient (Wildman–Crippen LogP) is 3.31. The molecule has 0 bridgehead atoms. The van der Waals surface area contributed by atoms with Crippen molar-refractivity contribution in [3.05, 3.63) is 34.3 Å². The van der Waals surface area contributed by atoms with Gasteiger partial charge >= 0.3 is 12.1 Å². The Morgan fingerprint density at radius 2 is 2.00 bits per heavy atom. The average molecular weight is 358 g/mol. The Morgan fingerprint density at radius 1 is 1.38 bits per heavy atom. The van der Waals surface area contributed by atoms with Gasteiger partial charge < -0.3 is 9.84 Å². The van der Waals surface area contributed by atoms with Crippen molar-refractivity contribution in [2.75, 3.05) is 7.05 Å². The molecule has 0 aromatic heterocycles. The molecule has 21 heavy (non-hydrogen) atoms. The van der Waals surface area contributed by atoms with E-state index in [0.29, 0.717) is 0 Å². The summed E-state index contributed by atoms with van der Waals surface area (Å²) in [4.78, 5) is 24.6. The van der Waals surface area contributed by atoms with Gasteiger partial charge in [0.15, 0.2) is 0 Å². The summed E-state index contributed by atoms with van der Waals surface area (Å²) < 4.78 is 6.07. The summed E-state index contributed by atoms with van der Waals surface area (Å²) in [5.41, 5.74) is 0.164. The standard InChI is InChI=1S/C15H20BrNO4/c1-15(2,3)21-14(20)17(4)12(13(18)19)9-10-6-5-7-11(16)8-10/h5-8,12H,9H2,1-4H3,(H,18,19). The third-order valence-electron chi connectivity index (χ3n) is 2.75. The number of likely N-dealkylation sites (N-methyl/N-ethyl adjacent to an activating group) is 1. The zero-order valence-electron chi connectivity index (χ0n) is 12.6. The molecule has 0 saturated carbocycles. The number of benzene rings is 1. The molecule has 1 aromatic rings. The fourth-order valence-electron chi connectivity index (χ4n) is 1.74. The van der Waals surface area contributed by atoms with Crippen molar-refractivity contribution in [1.29, 1.82) is 0 Å². The van der Waals surface area contributed by atoms with Crippen LogP contribution in [0.5, 0.6) is 0 Å². The van der Waals surface area contributed by atoms with Gasteiger partial charge in [0.25, 0.3) is 0 Å². The number of carboxylic acids is 1. The van der Waals surface area contributed by atoms with Gasteiger partial charge in [-0.05, 0) is 38.5 Å². The van der Waals surface area contributed by atoms with Crippen LogP contribution in [0.2, 0.25) is 0 Å². The number of aliphatic carboxylic acids is 1. The van der Waals surface area contributed by atoms with Gasteiger partial charge in [-0.3, -0.25) is 4.90 Å². The van der Waals surface area contributed by atoms with Crippen LogP contribution in [0.1, 0.15) is 26.3 Å². The van der Waals surface area contributed by atoms with Crippen LogP contribution in [-0.2, 0) is 16.0 Å². The minimum atomic E-state index is -1.07. The van der Waals surface area contributed by atoms with E-state index in [-0.39, 0.29) is 6.42 Å². The highest BCUT2D eigenvalue weighted by atomic mass is 79.9. The Morgan fingerprint density at radius 3 is 2.48 bits per heavy atom. The number of carbonyl (C=O) groups is 2. The lowest BCUT2D eigenvalue weighted by molar-refractivity contribution is -0.142. The molecular formula is C15H20BrNO4. The largest absolute Gasteiger partial charge is 0.480 e. The third-order valence-corrected chi connectivity index (χ3v) is 3.25. The number of rotatable bonds is 4. The summed E-state index contributed by atoms with van der Waals surface area (Å²) in [6, 6.07) is 6.36. The van der Waals surface area contributed by atoms with Gasteiger partial charge in [0.2, 0.25) is 0 Å². The number of carboxylic acid groups (broad SMARTS) is 1. The molecule has 116 valence electrons. The predicted molar refractivity (Wildman–Crippen MR) is 83.3 cm³/mol. The second-order valence-electron chi connectivity index (χ2n) is 5.78. The summed E-state index contributed by atoms with van der Waals surface area (Å²) >= 11 is 3.34. The Hall–Kier alpha value is -1.56. The summed E-state index contributed by atoms with van der Waals surface area (Å²) in [6.07, 6.45) is -0.435. The molecule has 0 heterocycles. The van der Waals surface area contributed by atoms with E-state index >= 15 is 0 Å². The third kappa shape index (κ3) is 5.75. The first kappa shape index (κ1) is 17.5. The molecule has 0 spiro atoms. The fourth-order valence-corrected chi connectivity index (χ4v) is 2.18. The van der Waals surface area contributed by atoms with Gasteiger partial charge in [0, 0.05) is 17.9 Å². The van der Waals surface area contributed by atoms with E-state index in [0.717, 1.165) is 14.9 Å². The van der Waals surface area contributed by atoms with Crippen molar-refractivity contribution >= 4 is 28.0 Å². The van der Waals surface area contributed by atoms with E-state index in [4.69, 9.17) is 4.74 Å². The lowest BCUT2D eigenvalue weighted by atomic mass is 10.1. The zero-order valence-corrected chi connectivity index (χ0v) is 14.2. The maximum atomic E-state index is 12.0. The number of hydrogen-bond donors (Lipinski definition) is 1. The van der Waals surface area contributed by atoms with Gasteiger partial charge in [-0.15, -0.1) is 0 Å². The van der Waals surface area contributed by atoms with Crippen LogP contribution in [0, 0.1) is 0 Å². The average Bonchev–Trinajstić information content (AvgIpc) is 2.32. The van der Waals surface area contributed by atoms with Crippen LogP contribution in [0.25, 0.3) is 0 Å². The van der Waals surface area contributed by atoms with Crippen molar-refractivity contribution in [2.45, 2.75) is 38.8 Å². The zero-order chi connectivity index (χ0) is 16.2. The molecule has 6 heteroatoms. The topological polar surface area (TPSA) is 66.8 Å². The van der Waals surface area contributed by atoms with E-state index in [1.54, 1.807) is 20.8 Å². The first-order valence-electron chi connectivity index (χ1n) is 6.53. The number of nitrogens with zero attached hydrogens (tertiary/aromatic N) is 1. The van der Waals surface area contributed by atoms with E-state index < -0.39 is 23.7 Å². The monoisotopic (exact) mass is 357 g/mol. The molecule has 0 fully saturated rings. The lowest BCUT2D eigenvalue weighted by Gasteiger charge is -2.28. The van der Waals surface area contributed by atoms with Gasteiger partial charge in [-0.2, -0.15) is 0 Å². The van der Waals surface area contributed by atoms with Gasteiger partial charge in [-0.25, -0.2) is 9.59 Å². The first-order chi connectivity index (χ1) is 9.60. The molecule has 1 unspecified atom stereocenters. The maximum Gasteiger partial charge on any atom is 0.410 e. The Bertz CT molecular complexity index is 525. The summed E-state index contributed by atoms with van der Waals surface area (Å²) in [7, 11) is 1.44. The van der Waals surface area contributed by atoms with Gasteiger partial charge in [0.1, 0.15) is 11.6 Å². The Balaban J connectivity index is 2.86. The van der Waals surface area contributed by atoms with Crippen LogP contribution in [0.4, 0.5) is 4.79 Å². The van der Waals surface area contributed by atoms with Crippen molar-refractivity contribution in [3.63, 3.8) is 0 Å². The molecule has 0 aliphatic carbocycles. The van der Waals surface area contributed by atoms with Gasteiger partial charge in [-0.1, -0.05) is 28.1 Å². The summed E-state index contributed by atoms with van der Waals surface area (Å²) in [6.45, 7) is 5.22. The van der Waals surface area contributed by atoms with Crippen molar-refractivity contribution in [2.24, 2.45) is 0 Å². The molecule has 5 nitrogen and oxygen atoms in total. The van der Waals surface area contributed by atoms with E-state index in [9.17, 15) is 14.7 Å². The molecule has 1 N–H and O–H groups in total. The van der Waals surface area contributed by atoms with Gasteiger partial charge in [0.05, 0.1) is 0 Å². The van der Waals surface area contributed by atoms with Crippen LogP contribution in [0.15, 0.2) is 28.7 Å². The SMILES string of the molecule is CN(C(=O)OC(C)(C)C)C(Cc1cccc(Br)c1)C(=O)O. The molecule has 0 aliphatic rings. The number of hydrogen-bond acceptors (Lipinski definition) is 3. The lowest BCUT2D eigenvalue weighted by Crippen LogP contribution is -2.46. The normalized spacial score (nSPS) is 12.6. The second-order valence-corrected chi connectivity index (χ2v) is 6.70.